The van der Waals surface area contributed by atoms with Crippen LogP contribution >= 0.6 is 0 Å². The molecular weight excluding hydrogens is 413 g/mol. The van der Waals surface area contributed by atoms with Gasteiger partial charge in [-0.15, -0.1) is 10.2 Å². The summed E-state index contributed by atoms with van der Waals surface area (Å²) < 4.78 is 21.5. The minimum Gasteiger partial charge on any atom is -0.494 e. The molecule has 9 heteroatoms. The fraction of sp³-hybridized carbons (Fsp3) is 0.217. The third-order valence-electron chi connectivity index (χ3n) is 4.90. The van der Waals surface area contributed by atoms with Gasteiger partial charge in [0.15, 0.2) is 0 Å². The van der Waals surface area contributed by atoms with Crippen LogP contribution in [0.15, 0.2) is 65.7 Å². The smallest absolute Gasteiger partial charge is 0.300 e. The molecule has 32 heavy (non-hydrogen) atoms. The molecule has 4 aromatic rings. The molecule has 0 atom stereocenters. The second-order valence-corrected chi connectivity index (χ2v) is 7.12. The Kier molecular flexibility index (Phi) is 6.25. The highest BCUT2D eigenvalue weighted by Gasteiger charge is 2.12. The van der Waals surface area contributed by atoms with Crippen molar-refractivity contribution in [3.8, 4) is 11.4 Å². The van der Waals surface area contributed by atoms with Gasteiger partial charge in [-0.25, -0.2) is 4.39 Å². The molecule has 0 spiro atoms. The van der Waals surface area contributed by atoms with Crippen LogP contribution < -0.4 is 15.6 Å². The van der Waals surface area contributed by atoms with E-state index >= 15 is 0 Å². The van der Waals surface area contributed by atoms with E-state index in [9.17, 15) is 14.0 Å². The Balaban J connectivity index is 1.42. The number of aryl methyl sites for hydroxylation is 1. The molecule has 2 heterocycles. The standard InChI is InChI=1S/C23H22FN5O3/c1-2-32-19-12-10-18(11-13-19)28-14-15-29-20(26-27-22(29)23(28)31)4-3-5-21(30)25-17-8-6-16(24)7-9-17/h6-15H,2-5H2,1H3,(H,25,30). The van der Waals surface area contributed by atoms with Crippen LogP contribution in [0, 0.1) is 5.82 Å². The zero-order chi connectivity index (χ0) is 22.5. The molecule has 164 valence electrons. The SMILES string of the molecule is CCOc1ccc(-n2ccn3c(CCCC(=O)Nc4ccc(F)cc4)nnc3c2=O)cc1. The van der Waals surface area contributed by atoms with Crippen LogP contribution in [0.25, 0.3) is 11.3 Å². The van der Waals surface area contributed by atoms with Crippen molar-refractivity contribution >= 4 is 17.2 Å². The lowest BCUT2D eigenvalue weighted by molar-refractivity contribution is -0.116. The first kappa shape index (κ1) is 21.2. The number of anilines is 1. The molecule has 0 aliphatic heterocycles. The molecular formula is C23H22FN5O3. The minimum absolute atomic E-state index is 0.178. The molecule has 0 fully saturated rings. The fourth-order valence-electron chi connectivity index (χ4n) is 3.34. The van der Waals surface area contributed by atoms with Crippen molar-refractivity contribution in [2.75, 3.05) is 11.9 Å². The van der Waals surface area contributed by atoms with Crippen molar-refractivity contribution in [2.45, 2.75) is 26.2 Å². The zero-order valence-electron chi connectivity index (χ0n) is 17.5. The Labute approximate surface area is 183 Å². The molecule has 4 rings (SSSR count). The fourth-order valence-corrected chi connectivity index (χ4v) is 3.34. The van der Waals surface area contributed by atoms with Crippen molar-refractivity contribution in [1.29, 1.82) is 0 Å². The first-order valence-electron chi connectivity index (χ1n) is 10.3. The average molecular weight is 435 g/mol. The normalized spacial score (nSPS) is 10.9. The number of halogens is 1. The minimum atomic E-state index is -0.358. The molecule has 8 nitrogen and oxygen atoms in total. The number of fused-ring (bicyclic) bond motifs is 1. The highest BCUT2D eigenvalue weighted by Crippen LogP contribution is 2.15. The number of rotatable bonds is 8. The van der Waals surface area contributed by atoms with Gasteiger partial charge in [0.2, 0.25) is 11.6 Å². The second kappa shape index (κ2) is 9.42. The Morgan fingerprint density at radius 3 is 2.53 bits per heavy atom. The van der Waals surface area contributed by atoms with E-state index in [0.29, 0.717) is 36.6 Å². The molecule has 2 aromatic heterocycles. The van der Waals surface area contributed by atoms with Crippen molar-refractivity contribution < 1.29 is 13.9 Å². The van der Waals surface area contributed by atoms with Crippen molar-refractivity contribution in [2.24, 2.45) is 0 Å². The maximum Gasteiger partial charge on any atom is 0.300 e. The van der Waals surface area contributed by atoms with Crippen molar-refractivity contribution in [3.05, 3.63) is 82.9 Å². The second-order valence-electron chi connectivity index (χ2n) is 7.12. The van der Waals surface area contributed by atoms with Gasteiger partial charge in [0.1, 0.15) is 17.4 Å². The van der Waals surface area contributed by atoms with Gasteiger partial charge in [0.25, 0.3) is 0 Å². The van der Waals surface area contributed by atoms with Gasteiger partial charge < -0.3 is 10.1 Å². The number of carbonyl (C=O) groups excluding carboxylic acids is 1. The van der Waals surface area contributed by atoms with Gasteiger partial charge in [0, 0.05) is 36.6 Å². The summed E-state index contributed by atoms with van der Waals surface area (Å²) in [5.41, 5.74) is 1.17. The number of nitrogens with one attached hydrogen (secondary N) is 1. The lowest BCUT2D eigenvalue weighted by atomic mass is 10.2. The number of ether oxygens (including phenoxy) is 1. The number of hydrogen-bond donors (Lipinski definition) is 1. The summed E-state index contributed by atoms with van der Waals surface area (Å²) in [7, 11) is 0. The summed E-state index contributed by atoms with van der Waals surface area (Å²) in [4.78, 5) is 25.0. The lowest BCUT2D eigenvalue weighted by Crippen LogP contribution is -2.20. The molecule has 0 saturated carbocycles. The predicted molar refractivity (Wildman–Crippen MR) is 118 cm³/mol. The van der Waals surface area contributed by atoms with E-state index in [2.05, 4.69) is 15.5 Å². The Morgan fingerprint density at radius 2 is 1.81 bits per heavy atom. The molecule has 2 aromatic carbocycles. The summed E-state index contributed by atoms with van der Waals surface area (Å²) in [5, 5.41) is 10.9. The van der Waals surface area contributed by atoms with Gasteiger partial charge in [0.05, 0.1) is 6.61 Å². The van der Waals surface area contributed by atoms with Crippen molar-refractivity contribution in [1.82, 2.24) is 19.2 Å². The summed E-state index contributed by atoms with van der Waals surface area (Å²) in [6, 6.07) is 12.8. The van der Waals surface area contributed by atoms with E-state index < -0.39 is 0 Å². The molecule has 1 N–H and O–H groups in total. The molecule has 0 bridgehead atoms. The van der Waals surface area contributed by atoms with Gasteiger partial charge in [-0.05, 0) is 61.9 Å². The van der Waals surface area contributed by atoms with E-state index in [1.54, 1.807) is 28.9 Å². The largest absolute Gasteiger partial charge is 0.494 e. The summed E-state index contributed by atoms with van der Waals surface area (Å²) in [5.74, 6) is 0.802. The van der Waals surface area contributed by atoms with Crippen LogP contribution in [-0.2, 0) is 11.2 Å². The maximum absolute atomic E-state index is 12.9. The number of benzene rings is 2. The highest BCUT2D eigenvalue weighted by atomic mass is 19.1. The third kappa shape index (κ3) is 4.66. The molecule has 0 saturated heterocycles. The molecule has 0 aliphatic rings. The Hall–Kier alpha value is -4.01. The van der Waals surface area contributed by atoms with Crippen LogP contribution in [-0.4, -0.2) is 31.7 Å². The number of amides is 1. The van der Waals surface area contributed by atoms with Crippen LogP contribution in [0.3, 0.4) is 0 Å². The third-order valence-corrected chi connectivity index (χ3v) is 4.90. The van der Waals surface area contributed by atoms with E-state index in [-0.39, 0.29) is 29.4 Å². The predicted octanol–water partition coefficient (Wildman–Crippen LogP) is 3.38. The van der Waals surface area contributed by atoms with Crippen LogP contribution in [0.5, 0.6) is 5.75 Å². The van der Waals surface area contributed by atoms with E-state index in [1.165, 1.54) is 28.8 Å². The maximum atomic E-state index is 12.9. The van der Waals surface area contributed by atoms with Crippen molar-refractivity contribution in [3.63, 3.8) is 0 Å². The first-order valence-corrected chi connectivity index (χ1v) is 10.3. The summed E-state index contributed by atoms with van der Waals surface area (Å²) >= 11 is 0. The Bertz CT molecular complexity index is 1280. The van der Waals surface area contributed by atoms with Crippen LogP contribution in [0.2, 0.25) is 0 Å². The first-order chi connectivity index (χ1) is 15.5. The number of nitrogens with zero attached hydrogens (tertiary/aromatic N) is 4. The quantitative estimate of drug-likeness (QED) is 0.458. The average Bonchev–Trinajstić information content (AvgIpc) is 3.20. The topological polar surface area (TPSA) is 90.5 Å². The van der Waals surface area contributed by atoms with Crippen LogP contribution in [0.4, 0.5) is 10.1 Å². The highest BCUT2D eigenvalue weighted by molar-refractivity contribution is 5.90. The van der Waals surface area contributed by atoms with E-state index in [4.69, 9.17) is 4.74 Å². The number of aromatic nitrogens is 4. The molecule has 0 radical (unpaired) electrons. The molecule has 0 unspecified atom stereocenters. The number of carbonyl (C=O) groups is 1. The lowest BCUT2D eigenvalue weighted by Gasteiger charge is -2.08. The monoisotopic (exact) mass is 435 g/mol. The van der Waals surface area contributed by atoms with Crippen LogP contribution in [0.1, 0.15) is 25.6 Å². The van der Waals surface area contributed by atoms with Gasteiger partial charge in [-0.1, -0.05) is 0 Å². The zero-order valence-corrected chi connectivity index (χ0v) is 17.5. The molecule has 0 aliphatic carbocycles. The summed E-state index contributed by atoms with van der Waals surface area (Å²) in [6.45, 7) is 2.48. The van der Waals surface area contributed by atoms with Gasteiger partial charge in [-0.3, -0.25) is 18.6 Å². The molecule has 1 amide bonds. The van der Waals surface area contributed by atoms with Gasteiger partial charge in [-0.2, -0.15) is 0 Å². The summed E-state index contributed by atoms with van der Waals surface area (Å²) in [6.07, 6.45) is 4.66. The van der Waals surface area contributed by atoms with E-state index in [0.717, 1.165) is 5.75 Å². The Morgan fingerprint density at radius 1 is 1.06 bits per heavy atom. The van der Waals surface area contributed by atoms with Gasteiger partial charge >= 0.3 is 5.56 Å². The number of hydrogen-bond acceptors (Lipinski definition) is 5. The van der Waals surface area contributed by atoms with E-state index in [1.807, 2.05) is 19.1 Å².